The SMILES string of the molecule is C#CCC(NC)NC(C)=O. The summed E-state index contributed by atoms with van der Waals surface area (Å²) >= 11 is 0. The fourth-order valence-electron chi connectivity index (χ4n) is 0.588. The van der Waals surface area contributed by atoms with Gasteiger partial charge in [-0.2, -0.15) is 0 Å². The normalized spacial score (nSPS) is 11.7. The van der Waals surface area contributed by atoms with Crippen LogP contribution in [0.4, 0.5) is 0 Å². The first-order valence-corrected chi connectivity index (χ1v) is 3.08. The maximum absolute atomic E-state index is 10.5. The molecule has 0 fully saturated rings. The van der Waals surface area contributed by atoms with Gasteiger partial charge in [-0.25, -0.2) is 0 Å². The lowest BCUT2D eigenvalue weighted by Crippen LogP contribution is -2.42. The van der Waals surface area contributed by atoms with Crippen LogP contribution in [0.25, 0.3) is 0 Å². The molecule has 0 aromatic rings. The van der Waals surface area contributed by atoms with E-state index in [0.717, 1.165) is 0 Å². The molecule has 0 aliphatic heterocycles. The van der Waals surface area contributed by atoms with Crippen molar-refractivity contribution in [1.82, 2.24) is 10.6 Å². The molecule has 10 heavy (non-hydrogen) atoms. The summed E-state index contributed by atoms with van der Waals surface area (Å²) in [4.78, 5) is 10.5. The molecule has 2 N–H and O–H groups in total. The summed E-state index contributed by atoms with van der Waals surface area (Å²) in [7, 11) is 1.75. The van der Waals surface area contributed by atoms with Crippen LogP contribution in [0, 0.1) is 12.3 Å². The van der Waals surface area contributed by atoms with Crippen LogP contribution in [0.2, 0.25) is 0 Å². The molecular weight excluding hydrogens is 128 g/mol. The molecule has 56 valence electrons. The summed E-state index contributed by atoms with van der Waals surface area (Å²) < 4.78 is 0. The Morgan fingerprint density at radius 1 is 1.80 bits per heavy atom. The van der Waals surface area contributed by atoms with Crippen molar-refractivity contribution in [2.24, 2.45) is 0 Å². The lowest BCUT2D eigenvalue weighted by Gasteiger charge is -2.12. The first kappa shape index (κ1) is 8.99. The number of amides is 1. The number of carbonyl (C=O) groups is 1. The number of hydrogen-bond donors (Lipinski definition) is 2. The van der Waals surface area contributed by atoms with E-state index in [1.807, 2.05) is 0 Å². The zero-order chi connectivity index (χ0) is 7.98. The van der Waals surface area contributed by atoms with Gasteiger partial charge in [-0.05, 0) is 7.05 Å². The predicted octanol–water partition coefficient (Wildman–Crippen LogP) is -0.309. The highest BCUT2D eigenvalue weighted by Crippen LogP contribution is 1.82. The molecule has 3 nitrogen and oxygen atoms in total. The van der Waals surface area contributed by atoms with Crippen molar-refractivity contribution in [3.8, 4) is 12.3 Å². The fourth-order valence-corrected chi connectivity index (χ4v) is 0.588. The predicted molar refractivity (Wildman–Crippen MR) is 40.1 cm³/mol. The smallest absolute Gasteiger partial charge is 0.218 e. The molecule has 0 aliphatic rings. The molecule has 0 aromatic heterocycles. The number of rotatable bonds is 3. The largest absolute Gasteiger partial charge is 0.340 e. The van der Waals surface area contributed by atoms with Gasteiger partial charge in [-0.15, -0.1) is 12.3 Å². The second-order valence-electron chi connectivity index (χ2n) is 1.95. The van der Waals surface area contributed by atoms with Gasteiger partial charge in [-0.3, -0.25) is 10.1 Å². The van der Waals surface area contributed by atoms with Gasteiger partial charge in [0.25, 0.3) is 0 Å². The Kier molecular flexibility index (Phi) is 4.34. The lowest BCUT2D eigenvalue weighted by atomic mass is 10.3. The zero-order valence-electron chi connectivity index (χ0n) is 6.27. The van der Waals surface area contributed by atoms with E-state index < -0.39 is 0 Å². The summed E-state index contributed by atoms with van der Waals surface area (Å²) in [6.45, 7) is 1.46. The molecule has 1 amide bonds. The quantitative estimate of drug-likeness (QED) is 0.417. The van der Waals surface area contributed by atoms with Gasteiger partial charge in [0.2, 0.25) is 5.91 Å². The Labute approximate surface area is 61.2 Å². The summed E-state index contributed by atoms with van der Waals surface area (Å²) in [6, 6.07) is 0. The summed E-state index contributed by atoms with van der Waals surface area (Å²) in [5, 5.41) is 5.50. The fraction of sp³-hybridized carbons (Fsp3) is 0.571. The molecule has 3 heteroatoms. The van der Waals surface area contributed by atoms with E-state index in [4.69, 9.17) is 6.42 Å². The van der Waals surface area contributed by atoms with Crippen LogP contribution in [0.15, 0.2) is 0 Å². The van der Waals surface area contributed by atoms with Crippen LogP contribution in [-0.4, -0.2) is 19.1 Å². The average Bonchev–Trinajstić information content (AvgIpc) is 1.86. The molecule has 0 radical (unpaired) electrons. The monoisotopic (exact) mass is 140 g/mol. The zero-order valence-corrected chi connectivity index (χ0v) is 6.27. The molecule has 0 spiro atoms. The number of carbonyl (C=O) groups excluding carboxylic acids is 1. The minimum Gasteiger partial charge on any atom is -0.340 e. The minimum absolute atomic E-state index is 0.0744. The third-order valence-corrected chi connectivity index (χ3v) is 1.05. The van der Waals surface area contributed by atoms with Crippen LogP contribution in [0.5, 0.6) is 0 Å². The first-order chi connectivity index (χ1) is 4.70. The Bertz CT molecular complexity index is 148. The van der Waals surface area contributed by atoms with E-state index in [1.54, 1.807) is 7.05 Å². The van der Waals surface area contributed by atoms with Crippen molar-refractivity contribution in [3.63, 3.8) is 0 Å². The van der Waals surface area contributed by atoms with Crippen molar-refractivity contribution < 1.29 is 4.79 Å². The van der Waals surface area contributed by atoms with E-state index >= 15 is 0 Å². The highest BCUT2D eigenvalue weighted by Gasteiger charge is 2.02. The molecule has 1 atom stereocenters. The summed E-state index contributed by atoms with van der Waals surface area (Å²) in [6.07, 6.45) is 5.45. The van der Waals surface area contributed by atoms with Crippen LogP contribution in [0.1, 0.15) is 13.3 Å². The lowest BCUT2D eigenvalue weighted by molar-refractivity contribution is -0.119. The van der Waals surface area contributed by atoms with E-state index in [-0.39, 0.29) is 12.1 Å². The van der Waals surface area contributed by atoms with E-state index in [1.165, 1.54) is 6.92 Å². The van der Waals surface area contributed by atoms with Gasteiger partial charge in [0.1, 0.15) is 0 Å². The van der Waals surface area contributed by atoms with Crippen LogP contribution in [-0.2, 0) is 4.79 Å². The molecule has 1 unspecified atom stereocenters. The second kappa shape index (κ2) is 4.83. The van der Waals surface area contributed by atoms with Crippen LogP contribution in [0.3, 0.4) is 0 Å². The topological polar surface area (TPSA) is 41.1 Å². The van der Waals surface area contributed by atoms with Crippen LogP contribution < -0.4 is 10.6 Å². The van der Waals surface area contributed by atoms with Gasteiger partial charge in [0, 0.05) is 13.3 Å². The molecule has 0 bridgehead atoms. The van der Waals surface area contributed by atoms with Crippen molar-refractivity contribution in [2.45, 2.75) is 19.5 Å². The van der Waals surface area contributed by atoms with Crippen molar-refractivity contribution in [1.29, 1.82) is 0 Å². The molecule has 0 rings (SSSR count). The Morgan fingerprint density at radius 2 is 2.40 bits per heavy atom. The maximum atomic E-state index is 10.5. The molecule has 0 saturated carbocycles. The third-order valence-electron chi connectivity index (χ3n) is 1.05. The maximum Gasteiger partial charge on any atom is 0.218 e. The molecular formula is C7H12N2O. The summed E-state index contributed by atoms with van der Waals surface area (Å²) in [5.74, 6) is 2.37. The Hall–Kier alpha value is -1.01. The van der Waals surface area contributed by atoms with E-state index in [9.17, 15) is 4.79 Å². The number of hydrogen-bond acceptors (Lipinski definition) is 2. The highest BCUT2D eigenvalue weighted by molar-refractivity contribution is 5.73. The van der Waals surface area contributed by atoms with Gasteiger partial charge in [0.15, 0.2) is 0 Å². The second-order valence-corrected chi connectivity index (χ2v) is 1.95. The van der Waals surface area contributed by atoms with E-state index in [0.29, 0.717) is 6.42 Å². The van der Waals surface area contributed by atoms with Crippen molar-refractivity contribution in [2.75, 3.05) is 7.05 Å². The molecule has 0 saturated heterocycles. The van der Waals surface area contributed by atoms with E-state index in [2.05, 4.69) is 16.6 Å². The minimum atomic E-state index is -0.0949. The Balaban J connectivity index is 3.62. The Morgan fingerprint density at radius 3 is 2.70 bits per heavy atom. The third kappa shape index (κ3) is 3.93. The molecule has 0 aliphatic carbocycles. The number of nitrogens with one attached hydrogen (secondary N) is 2. The van der Waals surface area contributed by atoms with Gasteiger partial charge >= 0.3 is 0 Å². The van der Waals surface area contributed by atoms with Crippen LogP contribution >= 0.6 is 0 Å². The van der Waals surface area contributed by atoms with Gasteiger partial charge < -0.3 is 5.32 Å². The van der Waals surface area contributed by atoms with Crippen molar-refractivity contribution >= 4 is 5.91 Å². The van der Waals surface area contributed by atoms with Gasteiger partial charge in [-0.1, -0.05) is 0 Å². The van der Waals surface area contributed by atoms with Crippen molar-refractivity contribution in [3.05, 3.63) is 0 Å². The molecule has 0 heterocycles. The summed E-state index contributed by atoms with van der Waals surface area (Å²) in [5.41, 5.74) is 0. The molecule has 0 aromatic carbocycles. The number of terminal acetylenes is 1. The average molecular weight is 140 g/mol. The highest BCUT2D eigenvalue weighted by atomic mass is 16.1. The standard InChI is InChI=1S/C7H12N2O/c1-4-5-7(8-3)9-6(2)10/h1,7-8H,5H2,2-3H3,(H,9,10). The van der Waals surface area contributed by atoms with Gasteiger partial charge in [0.05, 0.1) is 6.17 Å². The first-order valence-electron chi connectivity index (χ1n) is 3.08.